The summed E-state index contributed by atoms with van der Waals surface area (Å²) in [4.78, 5) is 0. The van der Waals surface area contributed by atoms with Crippen LogP contribution in [-0.4, -0.2) is 4.57 Å². The van der Waals surface area contributed by atoms with Gasteiger partial charge in [0.25, 0.3) is 0 Å². The van der Waals surface area contributed by atoms with E-state index in [-0.39, 0.29) is 5.41 Å². The maximum atomic E-state index is 6.89. The van der Waals surface area contributed by atoms with Gasteiger partial charge in [-0.15, -0.1) is 0 Å². The highest BCUT2D eigenvalue weighted by Crippen LogP contribution is 2.68. The van der Waals surface area contributed by atoms with Crippen LogP contribution in [-0.2, 0) is 5.41 Å². The van der Waals surface area contributed by atoms with Gasteiger partial charge in [-0.1, -0.05) is 54.1 Å². The van der Waals surface area contributed by atoms with E-state index < -0.39 is 0 Å². The van der Waals surface area contributed by atoms with Crippen molar-refractivity contribution in [2.24, 2.45) is 23.7 Å². The van der Waals surface area contributed by atoms with Crippen molar-refractivity contribution >= 4 is 33.4 Å². The van der Waals surface area contributed by atoms with Crippen LogP contribution in [0.4, 0.5) is 0 Å². The Morgan fingerprint density at radius 2 is 1.43 bits per heavy atom. The lowest BCUT2D eigenvalue weighted by atomic mass is 9.41. The maximum absolute atomic E-state index is 6.89. The third kappa shape index (κ3) is 1.69. The van der Waals surface area contributed by atoms with Crippen molar-refractivity contribution in [1.82, 2.24) is 4.57 Å². The van der Waals surface area contributed by atoms with Crippen LogP contribution in [0.1, 0.15) is 43.2 Å². The minimum atomic E-state index is 0.164. The number of halogens is 1. The molecule has 4 aliphatic carbocycles. The minimum absolute atomic E-state index is 0.164. The van der Waals surface area contributed by atoms with Crippen LogP contribution in [0.2, 0.25) is 5.02 Å². The number of hydrogen-bond donors (Lipinski definition) is 0. The van der Waals surface area contributed by atoms with Crippen molar-refractivity contribution in [3.05, 3.63) is 76.8 Å². The van der Waals surface area contributed by atoms with Crippen LogP contribution >= 0.6 is 11.6 Å². The maximum Gasteiger partial charge on any atom is 0.0597 e. The van der Waals surface area contributed by atoms with Crippen molar-refractivity contribution < 1.29 is 0 Å². The molecule has 1 aromatic heterocycles. The summed E-state index contributed by atoms with van der Waals surface area (Å²) in [5.74, 6) is 3.46. The Morgan fingerprint density at radius 3 is 2.23 bits per heavy atom. The number of para-hydroxylation sites is 2. The molecule has 2 heterocycles. The average molecular weight is 410 g/mol. The molecule has 1 aliphatic heterocycles. The third-order valence-electron chi connectivity index (χ3n) is 9.23. The molecule has 0 amide bonds. The van der Waals surface area contributed by atoms with Gasteiger partial charge in [-0.25, -0.2) is 0 Å². The van der Waals surface area contributed by atoms with E-state index >= 15 is 0 Å². The lowest BCUT2D eigenvalue weighted by molar-refractivity contribution is -0.0418. The highest BCUT2D eigenvalue weighted by Gasteiger charge is 2.60. The Hall–Kier alpha value is -2.25. The van der Waals surface area contributed by atoms with Gasteiger partial charge in [0.1, 0.15) is 0 Å². The van der Waals surface area contributed by atoms with Crippen molar-refractivity contribution in [2.45, 2.75) is 37.5 Å². The van der Waals surface area contributed by atoms with E-state index in [2.05, 4.69) is 65.2 Å². The number of nitrogens with zero attached hydrogens (tertiary/aromatic N) is 1. The van der Waals surface area contributed by atoms with E-state index in [0.29, 0.717) is 0 Å². The Morgan fingerprint density at radius 1 is 0.733 bits per heavy atom. The Kier molecular flexibility index (Phi) is 2.92. The molecule has 9 rings (SSSR count). The fourth-order valence-electron chi connectivity index (χ4n) is 8.61. The van der Waals surface area contributed by atoms with Crippen LogP contribution in [0.15, 0.2) is 60.7 Å². The van der Waals surface area contributed by atoms with Crippen molar-refractivity contribution in [1.29, 1.82) is 0 Å². The number of fused-ring (bicyclic) bond motifs is 5. The first kappa shape index (κ1) is 16.4. The summed E-state index contributed by atoms with van der Waals surface area (Å²) in [6.45, 7) is 0. The van der Waals surface area contributed by atoms with E-state index in [1.54, 1.807) is 11.1 Å². The van der Waals surface area contributed by atoms with Gasteiger partial charge in [0.15, 0.2) is 0 Å². The first-order valence-corrected chi connectivity index (χ1v) is 12.0. The van der Waals surface area contributed by atoms with Gasteiger partial charge in [-0.3, -0.25) is 0 Å². The molecule has 1 spiro atoms. The quantitative estimate of drug-likeness (QED) is 0.283. The molecule has 4 saturated carbocycles. The molecule has 0 atom stereocenters. The van der Waals surface area contributed by atoms with E-state index in [9.17, 15) is 0 Å². The second-order valence-electron chi connectivity index (χ2n) is 10.4. The van der Waals surface area contributed by atoms with Gasteiger partial charge in [-0.2, -0.15) is 0 Å². The molecule has 0 N–H and O–H groups in total. The number of hydrogen-bond acceptors (Lipinski definition) is 0. The van der Waals surface area contributed by atoms with Gasteiger partial charge in [-0.05, 0) is 85.1 Å². The molecule has 0 radical (unpaired) electrons. The summed E-state index contributed by atoms with van der Waals surface area (Å²) in [7, 11) is 0. The van der Waals surface area contributed by atoms with Crippen molar-refractivity contribution in [3.8, 4) is 5.69 Å². The zero-order valence-electron chi connectivity index (χ0n) is 16.9. The molecule has 0 saturated heterocycles. The molecular formula is C28H24ClN. The average Bonchev–Trinajstić information content (AvgIpc) is 3.11. The van der Waals surface area contributed by atoms with Crippen molar-refractivity contribution in [2.75, 3.05) is 0 Å². The van der Waals surface area contributed by atoms with Gasteiger partial charge in [0.2, 0.25) is 0 Å². The zero-order chi connectivity index (χ0) is 19.6. The van der Waals surface area contributed by atoms with Gasteiger partial charge in [0.05, 0.1) is 21.7 Å². The summed E-state index contributed by atoms with van der Waals surface area (Å²) < 4.78 is 2.53. The topological polar surface area (TPSA) is 4.93 Å². The lowest BCUT2D eigenvalue weighted by Gasteiger charge is -2.63. The van der Waals surface area contributed by atoms with Crippen LogP contribution in [0.25, 0.3) is 27.5 Å². The minimum Gasteiger partial charge on any atom is -0.309 e. The first-order valence-electron chi connectivity index (χ1n) is 11.6. The summed E-state index contributed by atoms with van der Waals surface area (Å²) >= 11 is 6.89. The Labute approximate surface area is 181 Å². The molecule has 148 valence electrons. The standard InChI is InChI=1S/C28H24ClN/c29-23-10-9-22-27-26(23)20-5-1-3-7-24(20)30(27)25-8-4-2-6-21(25)28(22)18-12-16-11-17(14-18)15-19(28)13-16/h1-10,16-19H,11-15H2. The lowest BCUT2D eigenvalue weighted by Crippen LogP contribution is -2.57. The van der Waals surface area contributed by atoms with Crippen LogP contribution < -0.4 is 0 Å². The molecule has 4 bridgehead atoms. The SMILES string of the molecule is Clc1ccc2c3c1c1ccccc1n3-c1ccccc1C21C2CC3CC(C2)CC1C3. The fourth-order valence-corrected chi connectivity index (χ4v) is 8.86. The molecule has 3 aromatic carbocycles. The second-order valence-corrected chi connectivity index (χ2v) is 10.8. The fraction of sp³-hybridized carbons (Fsp3) is 0.357. The summed E-state index contributed by atoms with van der Waals surface area (Å²) in [5, 5.41) is 3.43. The van der Waals surface area contributed by atoms with Gasteiger partial charge >= 0.3 is 0 Å². The molecule has 0 unspecified atom stereocenters. The monoisotopic (exact) mass is 409 g/mol. The largest absolute Gasteiger partial charge is 0.309 e. The van der Waals surface area contributed by atoms with E-state index in [1.165, 1.54) is 59.6 Å². The summed E-state index contributed by atoms with van der Waals surface area (Å²) in [6.07, 6.45) is 7.12. The zero-order valence-corrected chi connectivity index (χ0v) is 17.7. The molecule has 30 heavy (non-hydrogen) atoms. The normalized spacial score (nSPS) is 33.0. The number of benzene rings is 3. The van der Waals surface area contributed by atoms with E-state index in [4.69, 9.17) is 11.6 Å². The van der Waals surface area contributed by atoms with Crippen LogP contribution in [0, 0.1) is 23.7 Å². The molecule has 2 heteroatoms. The molecule has 1 nitrogen and oxygen atoms in total. The smallest absolute Gasteiger partial charge is 0.0597 e. The van der Waals surface area contributed by atoms with E-state index in [0.717, 1.165) is 28.7 Å². The van der Waals surface area contributed by atoms with Crippen LogP contribution in [0.5, 0.6) is 0 Å². The molecule has 4 fully saturated rings. The highest BCUT2D eigenvalue weighted by atomic mass is 35.5. The number of rotatable bonds is 0. The summed E-state index contributed by atoms with van der Waals surface area (Å²) in [5.41, 5.74) is 7.37. The van der Waals surface area contributed by atoms with Gasteiger partial charge in [0, 0.05) is 16.2 Å². The Balaban J connectivity index is 1.61. The first-order chi connectivity index (χ1) is 14.8. The second kappa shape index (κ2) is 5.32. The number of aromatic nitrogens is 1. The Bertz CT molecular complexity index is 1350. The van der Waals surface area contributed by atoms with Gasteiger partial charge < -0.3 is 4.57 Å². The van der Waals surface area contributed by atoms with Crippen LogP contribution in [0.3, 0.4) is 0 Å². The summed E-state index contributed by atoms with van der Waals surface area (Å²) in [6, 6.07) is 22.7. The van der Waals surface area contributed by atoms with E-state index in [1.807, 2.05) is 0 Å². The highest BCUT2D eigenvalue weighted by molar-refractivity contribution is 6.38. The predicted octanol–water partition coefficient (Wildman–Crippen LogP) is 7.49. The molecule has 4 aromatic rings. The predicted molar refractivity (Wildman–Crippen MR) is 124 cm³/mol. The third-order valence-corrected chi connectivity index (χ3v) is 9.54. The molecular weight excluding hydrogens is 386 g/mol. The molecule has 5 aliphatic rings. The van der Waals surface area contributed by atoms with Crippen molar-refractivity contribution in [3.63, 3.8) is 0 Å².